The van der Waals surface area contributed by atoms with E-state index in [-0.39, 0.29) is 11.3 Å². The Bertz CT molecular complexity index is 431. The molecule has 1 aromatic carbocycles. The fourth-order valence-electron chi connectivity index (χ4n) is 0.783. The predicted octanol–water partition coefficient (Wildman–Crippen LogP) is 0.509. The summed E-state index contributed by atoms with van der Waals surface area (Å²) in [5.41, 5.74) is 0.0632. The Labute approximate surface area is 81.1 Å². The molecule has 0 fully saturated rings. The highest BCUT2D eigenvalue weighted by molar-refractivity contribution is 7.86. The molecule has 0 atom stereocenters. The monoisotopic (exact) mass is 216 g/mol. The molecule has 0 radical (unpaired) electrons. The summed E-state index contributed by atoms with van der Waals surface area (Å²) in [5.74, 6) is -0.978. The highest BCUT2D eigenvalue weighted by Gasteiger charge is 2.12. The fourth-order valence-corrected chi connectivity index (χ4v) is 1.15. The van der Waals surface area contributed by atoms with Gasteiger partial charge in [0.15, 0.2) is 0 Å². The van der Waals surface area contributed by atoms with Gasteiger partial charge in [0.1, 0.15) is 5.75 Å². The number of phenolic OH excluding ortho intramolecular Hbond substituents is 1. The Morgan fingerprint density at radius 2 is 1.79 bits per heavy atom. The summed E-state index contributed by atoms with van der Waals surface area (Å²) in [7, 11) is -3.79. The number of carbonyl (C=O) groups excluding carboxylic acids is 1. The lowest BCUT2D eigenvalue weighted by Crippen LogP contribution is -2.11. The van der Waals surface area contributed by atoms with Gasteiger partial charge in [-0.3, -0.25) is 0 Å². The third-order valence-electron chi connectivity index (χ3n) is 1.33. The molecule has 0 saturated heterocycles. The molecule has 1 rings (SSSR count). The van der Waals surface area contributed by atoms with Crippen LogP contribution in [-0.4, -0.2) is 25.7 Å². The predicted molar refractivity (Wildman–Crippen MR) is 48.4 cm³/mol. The molecule has 0 amide bonds. The maximum atomic E-state index is 11.1. The minimum atomic E-state index is -3.79. The fraction of sp³-hybridized carbons (Fsp3) is 0.125. The van der Waals surface area contributed by atoms with Crippen LogP contribution >= 0.6 is 0 Å². The molecule has 5 nitrogen and oxygen atoms in total. The zero-order valence-corrected chi connectivity index (χ0v) is 8.11. The quantitative estimate of drug-likeness (QED) is 0.728. The minimum Gasteiger partial charge on any atom is -0.508 e. The van der Waals surface area contributed by atoms with Gasteiger partial charge in [0, 0.05) is 0 Å². The summed E-state index contributed by atoms with van der Waals surface area (Å²) < 4.78 is 25.3. The highest BCUT2D eigenvalue weighted by atomic mass is 32.2. The molecule has 6 heteroatoms. The van der Waals surface area contributed by atoms with Crippen molar-refractivity contribution in [3.8, 4) is 5.75 Å². The summed E-state index contributed by atoms with van der Waals surface area (Å²) in [6, 6.07) is 5.06. The molecule has 1 aromatic rings. The summed E-state index contributed by atoms with van der Waals surface area (Å²) in [6.45, 7) is 0. The molecule has 0 heterocycles. The van der Waals surface area contributed by atoms with Crippen molar-refractivity contribution >= 4 is 16.1 Å². The van der Waals surface area contributed by atoms with Gasteiger partial charge in [-0.15, -0.1) is 0 Å². The van der Waals surface area contributed by atoms with Crippen LogP contribution < -0.4 is 0 Å². The van der Waals surface area contributed by atoms with E-state index in [4.69, 9.17) is 5.11 Å². The second kappa shape index (κ2) is 3.67. The second-order valence-electron chi connectivity index (χ2n) is 2.62. The smallest absolute Gasteiger partial charge is 0.353 e. The van der Waals surface area contributed by atoms with E-state index in [0.717, 1.165) is 6.26 Å². The van der Waals surface area contributed by atoms with Crippen molar-refractivity contribution in [1.29, 1.82) is 0 Å². The van der Waals surface area contributed by atoms with Crippen LogP contribution in [0.4, 0.5) is 0 Å². The van der Waals surface area contributed by atoms with Crippen LogP contribution in [0.1, 0.15) is 10.4 Å². The van der Waals surface area contributed by atoms with Gasteiger partial charge in [0.25, 0.3) is 0 Å². The zero-order chi connectivity index (χ0) is 10.8. The van der Waals surface area contributed by atoms with E-state index >= 15 is 0 Å². The van der Waals surface area contributed by atoms with Gasteiger partial charge in [0.05, 0.1) is 11.8 Å². The Hall–Kier alpha value is -1.56. The van der Waals surface area contributed by atoms with E-state index in [1.165, 1.54) is 24.3 Å². The number of carbonyl (C=O) groups is 1. The minimum absolute atomic E-state index is 0.0131. The van der Waals surface area contributed by atoms with Gasteiger partial charge in [-0.25, -0.2) is 4.79 Å². The first kappa shape index (κ1) is 10.5. The van der Waals surface area contributed by atoms with Crippen LogP contribution in [0.3, 0.4) is 0 Å². The zero-order valence-electron chi connectivity index (χ0n) is 7.30. The van der Waals surface area contributed by atoms with Crippen LogP contribution in [0.15, 0.2) is 24.3 Å². The van der Waals surface area contributed by atoms with Crippen molar-refractivity contribution in [2.24, 2.45) is 0 Å². The lowest BCUT2D eigenvalue weighted by molar-refractivity contribution is 0.0748. The number of hydrogen-bond acceptors (Lipinski definition) is 5. The van der Waals surface area contributed by atoms with E-state index in [2.05, 4.69) is 4.18 Å². The Kier molecular flexibility index (Phi) is 2.76. The molecule has 0 spiro atoms. The summed E-state index contributed by atoms with van der Waals surface area (Å²) in [6.07, 6.45) is 0.783. The molecule has 0 unspecified atom stereocenters. The van der Waals surface area contributed by atoms with E-state index in [1.807, 2.05) is 0 Å². The topological polar surface area (TPSA) is 80.7 Å². The third-order valence-corrected chi connectivity index (χ3v) is 1.78. The van der Waals surface area contributed by atoms with Crippen molar-refractivity contribution in [3.05, 3.63) is 29.8 Å². The van der Waals surface area contributed by atoms with Gasteiger partial charge >= 0.3 is 16.1 Å². The first-order chi connectivity index (χ1) is 6.38. The SMILES string of the molecule is CS(=O)(=O)OC(=O)c1ccc(O)cc1. The molecule has 76 valence electrons. The average Bonchev–Trinajstić information content (AvgIpc) is 2.02. The summed E-state index contributed by atoms with van der Waals surface area (Å²) in [4.78, 5) is 11.1. The summed E-state index contributed by atoms with van der Waals surface area (Å²) in [5, 5.41) is 8.90. The number of rotatable bonds is 2. The van der Waals surface area contributed by atoms with E-state index in [9.17, 15) is 13.2 Å². The normalized spacial score (nSPS) is 10.9. The lowest BCUT2D eigenvalue weighted by atomic mass is 10.2. The maximum absolute atomic E-state index is 11.1. The molecule has 14 heavy (non-hydrogen) atoms. The van der Waals surface area contributed by atoms with Crippen LogP contribution in [0.25, 0.3) is 0 Å². The Morgan fingerprint density at radius 3 is 2.21 bits per heavy atom. The van der Waals surface area contributed by atoms with E-state index in [0.29, 0.717) is 0 Å². The second-order valence-corrected chi connectivity index (χ2v) is 4.20. The van der Waals surface area contributed by atoms with Gasteiger partial charge in [0.2, 0.25) is 0 Å². The van der Waals surface area contributed by atoms with Crippen LogP contribution in [0.5, 0.6) is 5.75 Å². The van der Waals surface area contributed by atoms with Gasteiger partial charge in [-0.05, 0) is 24.3 Å². The number of hydrogen-bond donors (Lipinski definition) is 1. The number of phenols is 1. The molecule has 0 aliphatic rings. The van der Waals surface area contributed by atoms with Crippen molar-refractivity contribution < 1.29 is 22.5 Å². The molecule has 0 aliphatic carbocycles. The molecule has 1 N–H and O–H groups in total. The molecule has 0 aliphatic heterocycles. The first-order valence-corrected chi connectivity index (χ1v) is 5.43. The number of aromatic hydroxyl groups is 1. The van der Waals surface area contributed by atoms with Crippen LogP contribution in [0.2, 0.25) is 0 Å². The standard InChI is InChI=1S/C8H8O5S/c1-14(11,12)13-8(10)6-2-4-7(9)5-3-6/h2-5,9H,1H3. The molecule has 0 saturated carbocycles. The van der Waals surface area contributed by atoms with E-state index in [1.54, 1.807) is 0 Å². The molecule has 0 aromatic heterocycles. The highest BCUT2D eigenvalue weighted by Crippen LogP contribution is 2.11. The average molecular weight is 216 g/mol. The van der Waals surface area contributed by atoms with Gasteiger partial charge in [-0.1, -0.05) is 0 Å². The first-order valence-electron chi connectivity index (χ1n) is 3.61. The third kappa shape index (κ3) is 3.06. The Balaban J connectivity index is 2.86. The van der Waals surface area contributed by atoms with Gasteiger partial charge < -0.3 is 9.29 Å². The molecule has 0 bridgehead atoms. The maximum Gasteiger partial charge on any atom is 0.353 e. The molecular weight excluding hydrogens is 208 g/mol. The molecular formula is C8H8O5S. The van der Waals surface area contributed by atoms with Crippen molar-refractivity contribution in [2.75, 3.05) is 6.26 Å². The van der Waals surface area contributed by atoms with Crippen LogP contribution in [-0.2, 0) is 14.3 Å². The summed E-state index contributed by atoms with van der Waals surface area (Å²) >= 11 is 0. The van der Waals surface area contributed by atoms with Crippen LogP contribution in [0, 0.1) is 0 Å². The lowest BCUT2D eigenvalue weighted by Gasteiger charge is -2.00. The van der Waals surface area contributed by atoms with Crippen molar-refractivity contribution in [3.63, 3.8) is 0 Å². The van der Waals surface area contributed by atoms with Crippen molar-refractivity contribution in [2.45, 2.75) is 0 Å². The number of benzene rings is 1. The van der Waals surface area contributed by atoms with Crippen molar-refractivity contribution in [1.82, 2.24) is 0 Å². The Morgan fingerprint density at radius 1 is 1.29 bits per heavy atom. The van der Waals surface area contributed by atoms with Gasteiger partial charge in [-0.2, -0.15) is 8.42 Å². The largest absolute Gasteiger partial charge is 0.508 e. The van der Waals surface area contributed by atoms with E-state index < -0.39 is 16.1 Å².